The van der Waals surface area contributed by atoms with Gasteiger partial charge in [0.05, 0.1) is 0 Å². The summed E-state index contributed by atoms with van der Waals surface area (Å²) in [5.41, 5.74) is 4.23. The SMILES string of the molecule is C=CC.CC.CCc1c(C)cc(C)n1C.Fc1nccs1. The van der Waals surface area contributed by atoms with Crippen molar-refractivity contribution in [2.75, 3.05) is 0 Å². The first-order valence-electron chi connectivity index (χ1n) is 7.21. The molecule has 2 rings (SSSR count). The van der Waals surface area contributed by atoms with E-state index >= 15 is 0 Å². The van der Waals surface area contributed by atoms with Crippen molar-refractivity contribution < 1.29 is 4.39 Å². The van der Waals surface area contributed by atoms with Gasteiger partial charge in [-0.3, -0.25) is 0 Å². The van der Waals surface area contributed by atoms with Gasteiger partial charge in [-0.1, -0.05) is 38.2 Å². The van der Waals surface area contributed by atoms with Crippen LogP contribution in [0.1, 0.15) is 44.6 Å². The van der Waals surface area contributed by atoms with Gasteiger partial charge in [0.2, 0.25) is 0 Å². The fraction of sp³-hybridized carbons (Fsp3) is 0.471. The summed E-state index contributed by atoms with van der Waals surface area (Å²) in [6.07, 6.45) is 4.32. The van der Waals surface area contributed by atoms with Crippen LogP contribution in [-0.4, -0.2) is 9.55 Å². The molecule has 4 heteroatoms. The average molecular weight is 312 g/mol. The van der Waals surface area contributed by atoms with Gasteiger partial charge in [-0.2, -0.15) is 4.39 Å². The normalized spacial score (nSPS) is 8.38. The van der Waals surface area contributed by atoms with Crippen LogP contribution in [0.15, 0.2) is 30.3 Å². The fourth-order valence-corrected chi connectivity index (χ4v) is 2.05. The Kier molecular flexibility index (Phi) is 14.1. The molecule has 0 radical (unpaired) electrons. The van der Waals surface area contributed by atoms with E-state index in [4.69, 9.17) is 0 Å². The van der Waals surface area contributed by atoms with Gasteiger partial charge in [0.15, 0.2) is 0 Å². The molecule has 0 saturated heterocycles. The Bertz CT molecular complexity index is 473. The lowest BCUT2D eigenvalue weighted by Gasteiger charge is -2.01. The summed E-state index contributed by atoms with van der Waals surface area (Å²) in [5.74, 6) is 0. The summed E-state index contributed by atoms with van der Waals surface area (Å²) in [4.78, 5) is 3.27. The van der Waals surface area contributed by atoms with Crippen molar-refractivity contribution in [3.63, 3.8) is 0 Å². The monoisotopic (exact) mass is 312 g/mol. The highest BCUT2D eigenvalue weighted by Crippen LogP contribution is 2.12. The van der Waals surface area contributed by atoms with Gasteiger partial charge in [0.1, 0.15) is 0 Å². The lowest BCUT2D eigenvalue weighted by Crippen LogP contribution is -1.96. The van der Waals surface area contributed by atoms with Gasteiger partial charge in [-0.15, -0.1) is 6.58 Å². The highest BCUT2D eigenvalue weighted by Gasteiger charge is 2.02. The third-order valence-corrected chi connectivity index (χ3v) is 3.11. The number of allylic oxidation sites excluding steroid dienone is 1. The number of rotatable bonds is 1. The van der Waals surface area contributed by atoms with E-state index in [-0.39, 0.29) is 5.26 Å². The number of hydrogen-bond donors (Lipinski definition) is 0. The van der Waals surface area contributed by atoms with Gasteiger partial charge >= 0.3 is 0 Å². The molecule has 21 heavy (non-hydrogen) atoms. The van der Waals surface area contributed by atoms with Crippen LogP contribution < -0.4 is 0 Å². The first kappa shape index (κ1) is 21.9. The molecule has 0 aliphatic rings. The summed E-state index contributed by atoms with van der Waals surface area (Å²) in [7, 11) is 2.13. The molecule has 0 bridgehead atoms. The van der Waals surface area contributed by atoms with Crippen molar-refractivity contribution in [3.05, 3.63) is 52.5 Å². The van der Waals surface area contributed by atoms with Crippen LogP contribution in [0.2, 0.25) is 0 Å². The van der Waals surface area contributed by atoms with E-state index in [2.05, 4.69) is 50.0 Å². The summed E-state index contributed by atoms with van der Waals surface area (Å²) in [5, 5.41) is 1.23. The standard InChI is InChI=1S/C9H15N.C3H2FNS.C3H6.C2H6/c1-5-9-7(2)6-8(3)10(9)4;4-3-5-1-2-6-3;1-3-2;1-2/h6H,5H2,1-4H3;1-2H;3H,1H2,2H3;1-2H3. The number of nitrogens with zero attached hydrogens (tertiary/aromatic N) is 2. The number of aryl methyl sites for hydroxylation is 2. The minimum atomic E-state index is -0.366. The number of hydrogen-bond acceptors (Lipinski definition) is 2. The molecule has 0 fully saturated rings. The van der Waals surface area contributed by atoms with E-state index < -0.39 is 0 Å². The smallest absolute Gasteiger partial charge is 0.268 e. The van der Waals surface area contributed by atoms with Crippen molar-refractivity contribution in [1.82, 2.24) is 9.55 Å². The molecule has 0 atom stereocenters. The van der Waals surface area contributed by atoms with Crippen LogP contribution >= 0.6 is 11.3 Å². The largest absolute Gasteiger partial charge is 0.352 e. The van der Waals surface area contributed by atoms with E-state index in [1.165, 1.54) is 23.1 Å². The van der Waals surface area contributed by atoms with E-state index in [0.29, 0.717) is 0 Å². The molecule has 2 nitrogen and oxygen atoms in total. The van der Waals surface area contributed by atoms with Crippen LogP contribution in [-0.2, 0) is 13.5 Å². The summed E-state index contributed by atoms with van der Waals surface area (Å²) < 4.78 is 13.8. The average Bonchev–Trinajstić information content (AvgIpc) is 3.02. The third kappa shape index (κ3) is 9.19. The third-order valence-electron chi connectivity index (χ3n) is 2.55. The Balaban J connectivity index is 0. The first-order chi connectivity index (χ1) is 9.97. The van der Waals surface area contributed by atoms with Crippen LogP contribution in [0.5, 0.6) is 0 Å². The summed E-state index contributed by atoms with van der Waals surface area (Å²) in [6, 6.07) is 2.23. The fourth-order valence-electron chi connectivity index (χ4n) is 1.69. The van der Waals surface area contributed by atoms with Crippen molar-refractivity contribution in [3.8, 4) is 0 Å². The quantitative estimate of drug-likeness (QED) is 0.617. The molecule has 2 aromatic heterocycles. The van der Waals surface area contributed by atoms with Gasteiger partial charge in [-0.25, -0.2) is 4.98 Å². The van der Waals surface area contributed by atoms with Crippen LogP contribution in [0.25, 0.3) is 0 Å². The van der Waals surface area contributed by atoms with Gasteiger partial charge in [0.25, 0.3) is 5.26 Å². The van der Waals surface area contributed by atoms with Crippen molar-refractivity contribution >= 4 is 11.3 Å². The predicted octanol–water partition coefficient (Wildman–Crippen LogP) is 5.71. The number of aromatic nitrogens is 2. The Hall–Kier alpha value is -1.42. The Morgan fingerprint density at radius 1 is 1.38 bits per heavy atom. The van der Waals surface area contributed by atoms with Crippen molar-refractivity contribution in [1.29, 1.82) is 0 Å². The molecule has 0 unspecified atom stereocenters. The molecule has 0 aliphatic carbocycles. The Morgan fingerprint density at radius 3 is 2.05 bits per heavy atom. The minimum Gasteiger partial charge on any atom is -0.352 e. The van der Waals surface area contributed by atoms with E-state index in [1.807, 2.05) is 20.8 Å². The zero-order valence-corrected chi connectivity index (χ0v) is 15.2. The Morgan fingerprint density at radius 2 is 1.90 bits per heavy atom. The molecule has 120 valence electrons. The maximum Gasteiger partial charge on any atom is 0.268 e. The van der Waals surface area contributed by atoms with Gasteiger partial charge in [-0.05, 0) is 38.8 Å². The molecule has 0 saturated carbocycles. The second-order valence-electron chi connectivity index (χ2n) is 4.02. The lowest BCUT2D eigenvalue weighted by molar-refractivity contribution is 0.617. The maximum atomic E-state index is 11.6. The molecule has 0 N–H and O–H groups in total. The first-order valence-corrected chi connectivity index (χ1v) is 8.09. The molecule has 0 amide bonds. The van der Waals surface area contributed by atoms with E-state index in [1.54, 1.807) is 11.5 Å². The highest BCUT2D eigenvalue weighted by atomic mass is 32.1. The van der Waals surface area contributed by atoms with Crippen molar-refractivity contribution in [2.24, 2.45) is 7.05 Å². The van der Waals surface area contributed by atoms with E-state index in [9.17, 15) is 4.39 Å². The predicted molar refractivity (Wildman–Crippen MR) is 93.6 cm³/mol. The second kappa shape index (κ2) is 13.6. The van der Waals surface area contributed by atoms with Crippen LogP contribution in [0.3, 0.4) is 0 Å². The topological polar surface area (TPSA) is 17.8 Å². The molecule has 0 aromatic carbocycles. The van der Waals surface area contributed by atoms with Crippen LogP contribution in [0, 0.1) is 19.1 Å². The molecule has 0 spiro atoms. The minimum absolute atomic E-state index is 0.366. The summed E-state index contributed by atoms with van der Waals surface area (Å²) >= 11 is 1.000. The maximum absolute atomic E-state index is 11.6. The van der Waals surface area contributed by atoms with Gasteiger partial charge in [0, 0.05) is 30.0 Å². The lowest BCUT2D eigenvalue weighted by atomic mass is 10.2. The zero-order chi connectivity index (χ0) is 16.8. The van der Waals surface area contributed by atoms with Gasteiger partial charge < -0.3 is 4.57 Å². The molecular formula is C17H29FN2S. The molecular weight excluding hydrogens is 283 g/mol. The molecule has 2 aromatic rings. The Labute approximate surface area is 133 Å². The zero-order valence-electron chi connectivity index (χ0n) is 14.4. The molecule has 0 aliphatic heterocycles. The van der Waals surface area contributed by atoms with Crippen molar-refractivity contribution in [2.45, 2.75) is 48.0 Å². The van der Waals surface area contributed by atoms with Crippen LogP contribution in [0.4, 0.5) is 4.39 Å². The second-order valence-corrected chi connectivity index (χ2v) is 4.87. The number of halogens is 1. The van der Waals surface area contributed by atoms with E-state index in [0.717, 1.165) is 17.8 Å². The summed E-state index contributed by atoms with van der Waals surface area (Å²) in [6.45, 7) is 15.8. The highest BCUT2D eigenvalue weighted by molar-refractivity contribution is 7.07. The molecule has 2 heterocycles. The number of thiazole rings is 1.